The number of amidine groups is 1. The molecule has 0 unspecified atom stereocenters. The molecule has 5 heteroatoms. The molecular formula is C16H19N3OS. The van der Waals surface area contributed by atoms with E-state index in [4.69, 9.17) is 10.9 Å². The number of rotatable bonds is 7. The Hall–Kier alpha value is -1.98. The predicted octanol–water partition coefficient (Wildman–Crippen LogP) is 2.66. The van der Waals surface area contributed by atoms with Gasteiger partial charge in [-0.1, -0.05) is 47.6 Å². The molecule has 2 rings (SSSR count). The summed E-state index contributed by atoms with van der Waals surface area (Å²) in [5, 5.41) is 15.0. The highest BCUT2D eigenvalue weighted by atomic mass is 32.2. The molecule has 110 valence electrons. The van der Waals surface area contributed by atoms with Gasteiger partial charge in [0.15, 0.2) is 5.84 Å². The number of oxime groups is 1. The lowest BCUT2D eigenvalue weighted by atomic mass is 10.1. The molecule has 0 saturated carbocycles. The fourth-order valence-electron chi connectivity index (χ4n) is 1.84. The van der Waals surface area contributed by atoms with Crippen molar-refractivity contribution < 1.29 is 5.21 Å². The molecular weight excluding hydrogens is 282 g/mol. The van der Waals surface area contributed by atoms with Gasteiger partial charge in [-0.3, -0.25) is 0 Å². The lowest BCUT2D eigenvalue weighted by Crippen LogP contribution is -2.17. The van der Waals surface area contributed by atoms with Crippen LogP contribution in [0.4, 0.5) is 0 Å². The second-order valence-corrected chi connectivity index (χ2v) is 5.69. The van der Waals surface area contributed by atoms with Crippen LogP contribution in [0.1, 0.15) is 11.1 Å². The van der Waals surface area contributed by atoms with Gasteiger partial charge in [-0.2, -0.15) is 0 Å². The lowest BCUT2D eigenvalue weighted by Gasteiger charge is -2.06. The molecule has 2 aromatic rings. The van der Waals surface area contributed by atoms with Gasteiger partial charge in [0.2, 0.25) is 0 Å². The van der Waals surface area contributed by atoms with Gasteiger partial charge >= 0.3 is 0 Å². The maximum atomic E-state index is 8.60. The van der Waals surface area contributed by atoms with Gasteiger partial charge in [-0.15, -0.1) is 11.8 Å². The largest absolute Gasteiger partial charge is 0.409 e. The molecule has 0 aliphatic rings. The standard InChI is InChI=1S/C16H19N3OS/c17-16(19-20)14-8-6-13(7-9-14)12-18-10-11-21-15-4-2-1-3-5-15/h1-9,18,20H,10-12H2,(H2,17,19). The van der Waals surface area contributed by atoms with Gasteiger partial charge in [0.05, 0.1) is 0 Å². The number of thioether (sulfide) groups is 1. The lowest BCUT2D eigenvalue weighted by molar-refractivity contribution is 0.318. The summed E-state index contributed by atoms with van der Waals surface area (Å²) in [5.41, 5.74) is 7.42. The van der Waals surface area contributed by atoms with Crippen LogP contribution >= 0.6 is 11.8 Å². The fraction of sp³-hybridized carbons (Fsp3) is 0.188. The molecule has 4 nitrogen and oxygen atoms in total. The summed E-state index contributed by atoms with van der Waals surface area (Å²) < 4.78 is 0. The summed E-state index contributed by atoms with van der Waals surface area (Å²) in [6, 6.07) is 18.0. The van der Waals surface area contributed by atoms with Crippen LogP contribution in [0.2, 0.25) is 0 Å². The van der Waals surface area contributed by atoms with Crippen LogP contribution in [-0.4, -0.2) is 23.3 Å². The molecule has 0 amide bonds. The number of nitrogens with two attached hydrogens (primary N) is 1. The predicted molar refractivity (Wildman–Crippen MR) is 87.8 cm³/mol. The second kappa shape index (κ2) is 8.34. The van der Waals surface area contributed by atoms with Crippen molar-refractivity contribution in [2.75, 3.05) is 12.3 Å². The van der Waals surface area contributed by atoms with Crippen molar-refractivity contribution in [1.82, 2.24) is 5.32 Å². The minimum absolute atomic E-state index is 0.133. The van der Waals surface area contributed by atoms with Crippen LogP contribution in [0.15, 0.2) is 64.6 Å². The van der Waals surface area contributed by atoms with E-state index in [2.05, 4.69) is 34.7 Å². The van der Waals surface area contributed by atoms with E-state index in [1.807, 2.05) is 42.1 Å². The third kappa shape index (κ3) is 5.13. The number of nitrogens with one attached hydrogen (secondary N) is 1. The van der Waals surface area contributed by atoms with Gasteiger partial charge in [0, 0.05) is 29.3 Å². The van der Waals surface area contributed by atoms with Crippen LogP contribution in [0.5, 0.6) is 0 Å². The van der Waals surface area contributed by atoms with Gasteiger partial charge in [-0.05, 0) is 17.7 Å². The van der Waals surface area contributed by atoms with Crippen LogP contribution < -0.4 is 11.1 Å². The Bertz CT molecular complexity index is 570. The van der Waals surface area contributed by atoms with E-state index in [0.717, 1.165) is 24.4 Å². The summed E-state index contributed by atoms with van der Waals surface area (Å²) in [7, 11) is 0. The Kier molecular flexibility index (Phi) is 6.12. The highest BCUT2D eigenvalue weighted by Crippen LogP contribution is 2.15. The van der Waals surface area contributed by atoms with E-state index < -0.39 is 0 Å². The third-order valence-electron chi connectivity index (χ3n) is 2.98. The van der Waals surface area contributed by atoms with Gasteiger partial charge in [0.25, 0.3) is 0 Å². The first-order valence-electron chi connectivity index (χ1n) is 6.75. The van der Waals surface area contributed by atoms with E-state index in [0.29, 0.717) is 0 Å². The molecule has 0 aliphatic heterocycles. The molecule has 2 aromatic carbocycles. The van der Waals surface area contributed by atoms with Gasteiger partial charge in [0.1, 0.15) is 0 Å². The normalized spacial score (nSPS) is 11.5. The van der Waals surface area contributed by atoms with Crippen molar-refractivity contribution in [2.24, 2.45) is 10.9 Å². The molecule has 4 N–H and O–H groups in total. The van der Waals surface area contributed by atoms with E-state index in [1.54, 1.807) is 0 Å². The Labute approximate surface area is 129 Å². The number of hydrogen-bond acceptors (Lipinski definition) is 4. The highest BCUT2D eigenvalue weighted by molar-refractivity contribution is 7.99. The van der Waals surface area contributed by atoms with Crippen LogP contribution in [0, 0.1) is 0 Å². The molecule has 0 fully saturated rings. The number of hydrogen-bond donors (Lipinski definition) is 3. The molecule has 0 spiro atoms. The number of benzene rings is 2. The number of nitrogens with zero attached hydrogens (tertiary/aromatic N) is 1. The molecule has 0 atom stereocenters. The van der Waals surface area contributed by atoms with E-state index in [9.17, 15) is 0 Å². The molecule has 0 saturated heterocycles. The average molecular weight is 301 g/mol. The van der Waals surface area contributed by atoms with Gasteiger partial charge < -0.3 is 16.3 Å². The quantitative estimate of drug-likeness (QED) is 0.184. The van der Waals surface area contributed by atoms with Crippen LogP contribution in [0.25, 0.3) is 0 Å². The second-order valence-electron chi connectivity index (χ2n) is 4.52. The maximum Gasteiger partial charge on any atom is 0.170 e. The molecule has 21 heavy (non-hydrogen) atoms. The summed E-state index contributed by atoms with van der Waals surface area (Å²) in [5.74, 6) is 1.17. The van der Waals surface area contributed by atoms with Crippen molar-refractivity contribution in [3.05, 3.63) is 65.7 Å². The first-order valence-corrected chi connectivity index (χ1v) is 7.73. The fourth-order valence-corrected chi connectivity index (χ4v) is 2.67. The topological polar surface area (TPSA) is 70.6 Å². The first-order chi connectivity index (χ1) is 10.3. The van der Waals surface area contributed by atoms with Crippen molar-refractivity contribution >= 4 is 17.6 Å². The molecule has 0 radical (unpaired) electrons. The molecule has 0 aromatic heterocycles. The van der Waals surface area contributed by atoms with E-state index >= 15 is 0 Å². The molecule has 0 heterocycles. The van der Waals surface area contributed by atoms with E-state index in [-0.39, 0.29) is 5.84 Å². The minimum atomic E-state index is 0.133. The summed E-state index contributed by atoms with van der Waals surface area (Å²) in [4.78, 5) is 1.29. The summed E-state index contributed by atoms with van der Waals surface area (Å²) >= 11 is 1.84. The third-order valence-corrected chi connectivity index (χ3v) is 3.99. The maximum absolute atomic E-state index is 8.60. The smallest absolute Gasteiger partial charge is 0.170 e. The van der Waals surface area contributed by atoms with E-state index in [1.165, 1.54) is 10.5 Å². The zero-order valence-electron chi connectivity index (χ0n) is 11.7. The van der Waals surface area contributed by atoms with Crippen molar-refractivity contribution in [1.29, 1.82) is 0 Å². The Morgan fingerprint density at radius 1 is 1.10 bits per heavy atom. The first kappa shape index (κ1) is 15.4. The van der Waals surface area contributed by atoms with Crippen LogP contribution in [0.3, 0.4) is 0 Å². The zero-order chi connectivity index (χ0) is 14.9. The highest BCUT2D eigenvalue weighted by Gasteiger charge is 1.99. The monoisotopic (exact) mass is 301 g/mol. The summed E-state index contributed by atoms with van der Waals surface area (Å²) in [6.45, 7) is 1.76. The van der Waals surface area contributed by atoms with Crippen LogP contribution in [-0.2, 0) is 6.54 Å². The average Bonchev–Trinajstić information content (AvgIpc) is 2.55. The van der Waals surface area contributed by atoms with Crippen molar-refractivity contribution in [3.8, 4) is 0 Å². The Morgan fingerprint density at radius 3 is 2.48 bits per heavy atom. The minimum Gasteiger partial charge on any atom is -0.409 e. The Morgan fingerprint density at radius 2 is 1.81 bits per heavy atom. The van der Waals surface area contributed by atoms with Gasteiger partial charge in [-0.25, -0.2) is 0 Å². The Balaban J connectivity index is 1.69. The SMILES string of the molecule is NC(=NO)c1ccc(CNCCSc2ccccc2)cc1. The van der Waals surface area contributed by atoms with Crippen molar-refractivity contribution in [2.45, 2.75) is 11.4 Å². The zero-order valence-corrected chi connectivity index (χ0v) is 12.5. The summed E-state index contributed by atoms with van der Waals surface area (Å²) in [6.07, 6.45) is 0. The molecule has 0 aliphatic carbocycles. The molecule has 0 bridgehead atoms. The van der Waals surface area contributed by atoms with Crippen molar-refractivity contribution in [3.63, 3.8) is 0 Å².